The molecule has 3 nitrogen and oxygen atoms in total. The van der Waals surface area contributed by atoms with Crippen LogP contribution in [0.5, 0.6) is 0 Å². The zero-order valence-corrected chi connectivity index (χ0v) is 9.86. The molecule has 0 aliphatic carbocycles. The van der Waals surface area contributed by atoms with Crippen molar-refractivity contribution in [1.29, 1.82) is 0 Å². The number of methoxy groups -OCH3 is 1. The second-order valence-electron chi connectivity index (χ2n) is 4.15. The van der Waals surface area contributed by atoms with Crippen LogP contribution in [-0.2, 0) is 4.74 Å². The summed E-state index contributed by atoms with van der Waals surface area (Å²) in [5, 5.41) is 3.12. The molecule has 0 amide bonds. The monoisotopic (exact) mass is 242 g/mol. The third-order valence-corrected chi connectivity index (χ3v) is 2.50. The number of rotatable bonds is 8. The first-order valence-electron chi connectivity index (χ1n) is 5.34. The van der Waals surface area contributed by atoms with Gasteiger partial charge in [0.05, 0.1) is 6.61 Å². The van der Waals surface area contributed by atoms with Gasteiger partial charge in [-0.3, -0.25) is 0 Å². The number of halogens is 3. The summed E-state index contributed by atoms with van der Waals surface area (Å²) in [5.74, 6) is 0. The van der Waals surface area contributed by atoms with E-state index in [1.165, 1.54) is 0 Å². The zero-order valence-electron chi connectivity index (χ0n) is 9.86. The Morgan fingerprint density at radius 2 is 1.88 bits per heavy atom. The van der Waals surface area contributed by atoms with Crippen molar-refractivity contribution in [1.82, 2.24) is 5.32 Å². The number of hydrogen-bond acceptors (Lipinski definition) is 3. The Kier molecular flexibility index (Phi) is 6.94. The largest absolute Gasteiger partial charge is 0.389 e. The summed E-state index contributed by atoms with van der Waals surface area (Å²) >= 11 is 0. The maximum atomic E-state index is 12.0. The molecule has 0 aromatic carbocycles. The molecule has 1 atom stereocenters. The summed E-state index contributed by atoms with van der Waals surface area (Å²) in [6, 6.07) is 0. The van der Waals surface area contributed by atoms with Gasteiger partial charge in [-0.2, -0.15) is 13.2 Å². The third kappa shape index (κ3) is 7.90. The maximum Gasteiger partial charge on any atom is 0.389 e. The van der Waals surface area contributed by atoms with Crippen LogP contribution in [-0.4, -0.2) is 38.5 Å². The molecule has 98 valence electrons. The Morgan fingerprint density at radius 1 is 1.25 bits per heavy atom. The van der Waals surface area contributed by atoms with Crippen molar-refractivity contribution < 1.29 is 17.9 Å². The summed E-state index contributed by atoms with van der Waals surface area (Å²) in [5.41, 5.74) is 5.11. The van der Waals surface area contributed by atoms with Crippen LogP contribution in [0.25, 0.3) is 0 Å². The van der Waals surface area contributed by atoms with Gasteiger partial charge in [0.2, 0.25) is 0 Å². The lowest BCUT2D eigenvalue weighted by atomic mass is 9.95. The van der Waals surface area contributed by atoms with Crippen molar-refractivity contribution in [2.24, 2.45) is 5.73 Å². The second kappa shape index (κ2) is 7.09. The molecule has 16 heavy (non-hydrogen) atoms. The molecule has 0 heterocycles. The quantitative estimate of drug-likeness (QED) is 0.636. The molecule has 0 saturated heterocycles. The summed E-state index contributed by atoms with van der Waals surface area (Å²) in [6.45, 7) is 3.26. The fourth-order valence-corrected chi connectivity index (χ4v) is 1.40. The summed E-state index contributed by atoms with van der Waals surface area (Å²) in [6.07, 6.45) is -4.33. The van der Waals surface area contributed by atoms with Gasteiger partial charge >= 0.3 is 6.18 Å². The highest BCUT2D eigenvalue weighted by atomic mass is 19.4. The van der Waals surface area contributed by atoms with Crippen molar-refractivity contribution in [3.05, 3.63) is 0 Å². The standard InChI is InChI=1S/C10H21F3N2O/c1-9(8-14,15-6-7-16-2)4-3-5-10(11,12)13/h15H,3-8,14H2,1-2H3. The molecule has 0 radical (unpaired) electrons. The minimum atomic E-state index is -4.08. The Hall–Kier alpha value is -0.330. The molecule has 0 fully saturated rings. The molecule has 0 aliphatic heterocycles. The van der Waals surface area contributed by atoms with E-state index in [1.54, 1.807) is 7.11 Å². The SMILES string of the molecule is COCCNC(C)(CN)CCCC(F)(F)F. The van der Waals surface area contributed by atoms with E-state index in [4.69, 9.17) is 10.5 Å². The highest BCUT2D eigenvalue weighted by molar-refractivity contribution is 4.84. The summed E-state index contributed by atoms with van der Waals surface area (Å²) in [4.78, 5) is 0. The predicted molar refractivity (Wildman–Crippen MR) is 57.2 cm³/mol. The molecule has 0 rings (SSSR count). The smallest absolute Gasteiger partial charge is 0.383 e. The topological polar surface area (TPSA) is 47.3 Å². The van der Waals surface area contributed by atoms with Crippen LogP contribution < -0.4 is 11.1 Å². The van der Waals surface area contributed by atoms with Crippen molar-refractivity contribution >= 4 is 0 Å². The Balaban J connectivity index is 3.87. The van der Waals surface area contributed by atoms with Crippen LogP contribution in [0.15, 0.2) is 0 Å². The van der Waals surface area contributed by atoms with Crippen molar-refractivity contribution in [3.63, 3.8) is 0 Å². The van der Waals surface area contributed by atoms with E-state index in [0.717, 1.165) is 0 Å². The molecule has 0 aromatic heterocycles. The van der Waals surface area contributed by atoms with E-state index in [0.29, 0.717) is 26.1 Å². The van der Waals surface area contributed by atoms with Gasteiger partial charge in [-0.1, -0.05) is 0 Å². The number of nitrogens with two attached hydrogens (primary N) is 1. The normalized spacial score (nSPS) is 16.1. The average Bonchev–Trinajstić information content (AvgIpc) is 2.16. The van der Waals surface area contributed by atoms with E-state index in [2.05, 4.69) is 5.32 Å². The number of hydrogen-bond donors (Lipinski definition) is 2. The van der Waals surface area contributed by atoms with Gasteiger partial charge in [0.15, 0.2) is 0 Å². The second-order valence-corrected chi connectivity index (χ2v) is 4.15. The van der Waals surface area contributed by atoms with Gasteiger partial charge < -0.3 is 15.8 Å². The van der Waals surface area contributed by atoms with Gasteiger partial charge in [0.1, 0.15) is 0 Å². The molecule has 3 N–H and O–H groups in total. The molecular weight excluding hydrogens is 221 g/mol. The molecule has 0 saturated carbocycles. The van der Waals surface area contributed by atoms with E-state index in [1.807, 2.05) is 6.92 Å². The van der Waals surface area contributed by atoms with Crippen LogP contribution in [0.2, 0.25) is 0 Å². The van der Waals surface area contributed by atoms with Crippen LogP contribution in [0, 0.1) is 0 Å². The molecule has 0 aliphatic rings. The lowest BCUT2D eigenvalue weighted by molar-refractivity contribution is -0.136. The van der Waals surface area contributed by atoms with Gasteiger partial charge in [0.25, 0.3) is 0 Å². The van der Waals surface area contributed by atoms with Crippen molar-refractivity contribution in [2.75, 3.05) is 26.8 Å². The molecular formula is C10H21F3N2O. The average molecular weight is 242 g/mol. The van der Waals surface area contributed by atoms with Crippen molar-refractivity contribution in [2.45, 2.75) is 37.9 Å². The first-order valence-corrected chi connectivity index (χ1v) is 5.34. The third-order valence-electron chi connectivity index (χ3n) is 2.50. The predicted octanol–water partition coefficient (Wildman–Crippen LogP) is 1.67. The highest BCUT2D eigenvalue weighted by Crippen LogP contribution is 2.24. The molecule has 1 unspecified atom stereocenters. The molecule has 6 heteroatoms. The van der Waals surface area contributed by atoms with Gasteiger partial charge in [-0.15, -0.1) is 0 Å². The van der Waals surface area contributed by atoms with E-state index in [-0.39, 0.29) is 6.42 Å². The van der Waals surface area contributed by atoms with E-state index in [9.17, 15) is 13.2 Å². The minimum Gasteiger partial charge on any atom is -0.383 e. The Bertz CT molecular complexity index is 187. The maximum absolute atomic E-state index is 12.0. The Morgan fingerprint density at radius 3 is 2.31 bits per heavy atom. The zero-order chi connectivity index (χ0) is 12.7. The van der Waals surface area contributed by atoms with Crippen molar-refractivity contribution in [3.8, 4) is 0 Å². The van der Waals surface area contributed by atoms with Crippen LogP contribution in [0.3, 0.4) is 0 Å². The lowest BCUT2D eigenvalue weighted by Crippen LogP contribution is -2.49. The van der Waals surface area contributed by atoms with E-state index < -0.39 is 18.1 Å². The fraction of sp³-hybridized carbons (Fsp3) is 1.00. The van der Waals surface area contributed by atoms with Crippen LogP contribution in [0.4, 0.5) is 13.2 Å². The van der Waals surface area contributed by atoms with Gasteiger partial charge in [-0.05, 0) is 19.8 Å². The van der Waals surface area contributed by atoms with E-state index >= 15 is 0 Å². The number of nitrogens with one attached hydrogen (secondary N) is 1. The first-order chi connectivity index (χ1) is 7.33. The minimum absolute atomic E-state index is 0.0944. The highest BCUT2D eigenvalue weighted by Gasteiger charge is 2.29. The first kappa shape index (κ1) is 15.7. The van der Waals surface area contributed by atoms with Crippen LogP contribution >= 0.6 is 0 Å². The molecule has 0 spiro atoms. The van der Waals surface area contributed by atoms with Crippen LogP contribution in [0.1, 0.15) is 26.2 Å². The molecule has 0 aromatic rings. The number of ether oxygens (including phenoxy) is 1. The summed E-state index contributed by atoms with van der Waals surface area (Å²) < 4.78 is 40.8. The Labute approximate surface area is 94.5 Å². The summed E-state index contributed by atoms with van der Waals surface area (Å²) in [7, 11) is 1.57. The number of alkyl halides is 3. The molecule has 0 bridgehead atoms. The van der Waals surface area contributed by atoms with Gasteiger partial charge in [0, 0.05) is 32.2 Å². The lowest BCUT2D eigenvalue weighted by Gasteiger charge is -2.29. The fourth-order valence-electron chi connectivity index (χ4n) is 1.40. The van der Waals surface area contributed by atoms with Gasteiger partial charge in [-0.25, -0.2) is 0 Å².